The lowest BCUT2D eigenvalue weighted by Crippen LogP contribution is -2.32. The highest BCUT2D eigenvalue weighted by atomic mass is 35.5. The molecule has 1 saturated heterocycles. The summed E-state index contributed by atoms with van der Waals surface area (Å²) in [5.74, 6) is 1.11. The molecule has 1 heterocycles. The lowest BCUT2D eigenvalue weighted by molar-refractivity contribution is -0.123. The highest BCUT2D eigenvalue weighted by Gasteiger charge is 2.34. The van der Waals surface area contributed by atoms with Crippen LogP contribution in [0.15, 0.2) is 53.4 Å². The summed E-state index contributed by atoms with van der Waals surface area (Å²) in [4.78, 5) is 26.4. The average molecular weight is 432 g/mol. The normalized spacial score (nSPS) is 16.4. The highest BCUT2D eigenvalue weighted by molar-refractivity contribution is 8.18. The van der Waals surface area contributed by atoms with E-state index in [1.54, 1.807) is 30.3 Å². The average Bonchev–Trinajstić information content (AvgIpc) is 2.98. The van der Waals surface area contributed by atoms with Crippen LogP contribution in [-0.4, -0.2) is 35.3 Å². The van der Waals surface area contributed by atoms with Gasteiger partial charge in [0.1, 0.15) is 18.1 Å². The van der Waals surface area contributed by atoms with E-state index >= 15 is 0 Å². The number of carbonyl (C=O) groups excluding carboxylic acids is 2. The van der Waals surface area contributed by atoms with Gasteiger partial charge < -0.3 is 9.47 Å². The van der Waals surface area contributed by atoms with Crippen molar-refractivity contribution in [3.8, 4) is 11.5 Å². The minimum atomic E-state index is -0.306. The Balaban J connectivity index is 1.58. The molecule has 1 atom stereocenters. The van der Waals surface area contributed by atoms with Crippen LogP contribution in [0.5, 0.6) is 11.5 Å². The van der Waals surface area contributed by atoms with Crippen molar-refractivity contribution in [1.29, 1.82) is 0 Å². The second kappa shape index (κ2) is 9.85. The van der Waals surface area contributed by atoms with Crippen molar-refractivity contribution in [3.05, 3.63) is 64.0 Å². The summed E-state index contributed by atoms with van der Waals surface area (Å²) in [6.45, 7) is 4.48. The van der Waals surface area contributed by atoms with E-state index in [0.717, 1.165) is 29.5 Å². The van der Waals surface area contributed by atoms with Crippen LogP contribution in [0.25, 0.3) is 6.08 Å². The van der Waals surface area contributed by atoms with Crippen LogP contribution >= 0.6 is 23.4 Å². The van der Waals surface area contributed by atoms with Crippen molar-refractivity contribution in [1.82, 2.24) is 4.90 Å². The van der Waals surface area contributed by atoms with Crippen molar-refractivity contribution in [2.24, 2.45) is 0 Å². The van der Waals surface area contributed by atoms with Crippen LogP contribution in [0.2, 0.25) is 5.02 Å². The maximum absolute atomic E-state index is 12.6. The molecule has 0 aliphatic carbocycles. The van der Waals surface area contributed by atoms with E-state index in [1.165, 1.54) is 4.90 Å². The van der Waals surface area contributed by atoms with Gasteiger partial charge in [0.05, 0.1) is 17.6 Å². The zero-order valence-electron chi connectivity index (χ0n) is 16.3. The zero-order chi connectivity index (χ0) is 20.8. The molecule has 5 nitrogen and oxygen atoms in total. The molecule has 3 rings (SSSR count). The van der Waals surface area contributed by atoms with Gasteiger partial charge >= 0.3 is 0 Å². The summed E-state index contributed by atoms with van der Waals surface area (Å²) in [6.07, 6.45) is 2.79. The Morgan fingerprint density at radius 2 is 1.72 bits per heavy atom. The van der Waals surface area contributed by atoms with Crippen LogP contribution in [0.4, 0.5) is 4.79 Å². The van der Waals surface area contributed by atoms with E-state index in [4.69, 9.17) is 21.1 Å². The third-order valence-corrected chi connectivity index (χ3v) is 5.52. The first kappa shape index (κ1) is 21.3. The Morgan fingerprint density at radius 1 is 1.07 bits per heavy atom. The predicted octanol–water partition coefficient (Wildman–Crippen LogP) is 5.63. The monoisotopic (exact) mass is 431 g/mol. The lowest BCUT2D eigenvalue weighted by atomic mass is 10.2. The highest BCUT2D eigenvalue weighted by Crippen LogP contribution is 2.32. The number of hydrogen-bond donors (Lipinski definition) is 0. The molecule has 2 amide bonds. The Hall–Kier alpha value is -2.44. The van der Waals surface area contributed by atoms with E-state index in [9.17, 15) is 9.59 Å². The molecular formula is C22H22ClNO4S. The van der Waals surface area contributed by atoms with Gasteiger partial charge in [0.25, 0.3) is 11.1 Å². The van der Waals surface area contributed by atoms with Crippen LogP contribution < -0.4 is 9.47 Å². The molecule has 7 heteroatoms. The first-order valence-corrected chi connectivity index (χ1v) is 10.6. The van der Waals surface area contributed by atoms with E-state index in [-0.39, 0.29) is 30.4 Å². The summed E-state index contributed by atoms with van der Waals surface area (Å²) in [5.41, 5.74) is 0.837. The molecule has 1 aliphatic heterocycles. The van der Waals surface area contributed by atoms with Gasteiger partial charge in [0.15, 0.2) is 0 Å². The molecule has 0 N–H and O–H groups in total. The second-order valence-electron chi connectivity index (χ2n) is 6.54. The Labute approximate surface area is 179 Å². The topological polar surface area (TPSA) is 55.8 Å². The second-order valence-corrected chi connectivity index (χ2v) is 7.97. The molecule has 0 bridgehead atoms. The number of ether oxygens (including phenoxy) is 2. The number of thioether (sulfide) groups is 1. The van der Waals surface area contributed by atoms with Crippen LogP contribution in [0.3, 0.4) is 0 Å². The molecule has 0 aromatic heterocycles. The number of benzene rings is 2. The maximum Gasteiger partial charge on any atom is 0.293 e. The van der Waals surface area contributed by atoms with E-state index in [0.29, 0.717) is 15.7 Å². The SMILES string of the molecule is CCC(C)Oc1ccc(/C=C2\SC(=O)N(CCOc3ccc(Cl)cc3)C2=O)cc1. The van der Waals surface area contributed by atoms with Gasteiger partial charge in [-0.2, -0.15) is 0 Å². The molecule has 2 aromatic carbocycles. The lowest BCUT2D eigenvalue weighted by Gasteiger charge is -2.13. The first-order valence-electron chi connectivity index (χ1n) is 9.36. The molecule has 0 saturated carbocycles. The molecule has 152 valence electrons. The van der Waals surface area contributed by atoms with Gasteiger partial charge in [-0.3, -0.25) is 14.5 Å². The summed E-state index contributed by atoms with van der Waals surface area (Å²) in [6, 6.07) is 14.4. The van der Waals surface area contributed by atoms with Crippen molar-refractivity contribution in [2.45, 2.75) is 26.4 Å². The zero-order valence-corrected chi connectivity index (χ0v) is 17.8. The van der Waals surface area contributed by atoms with Crippen molar-refractivity contribution in [2.75, 3.05) is 13.2 Å². The van der Waals surface area contributed by atoms with Crippen molar-refractivity contribution in [3.63, 3.8) is 0 Å². The summed E-state index contributed by atoms with van der Waals surface area (Å²) in [7, 11) is 0. The van der Waals surface area contributed by atoms with Crippen LogP contribution in [0, 0.1) is 0 Å². The van der Waals surface area contributed by atoms with Gasteiger partial charge in [0.2, 0.25) is 0 Å². The molecule has 2 aromatic rings. The molecule has 0 radical (unpaired) electrons. The third-order valence-electron chi connectivity index (χ3n) is 4.36. The smallest absolute Gasteiger partial charge is 0.293 e. The van der Waals surface area contributed by atoms with E-state index in [2.05, 4.69) is 6.92 Å². The quantitative estimate of drug-likeness (QED) is 0.507. The molecule has 1 aliphatic rings. The predicted molar refractivity (Wildman–Crippen MR) is 116 cm³/mol. The maximum atomic E-state index is 12.6. The van der Waals surface area contributed by atoms with E-state index in [1.807, 2.05) is 31.2 Å². The minimum Gasteiger partial charge on any atom is -0.492 e. The number of amides is 2. The Bertz CT molecular complexity index is 896. The number of halogens is 1. The number of carbonyl (C=O) groups is 2. The number of nitrogens with zero attached hydrogens (tertiary/aromatic N) is 1. The molecule has 0 spiro atoms. The molecule has 1 fully saturated rings. The van der Waals surface area contributed by atoms with Gasteiger partial charge in [-0.25, -0.2) is 0 Å². The first-order chi connectivity index (χ1) is 14.0. The molecule has 29 heavy (non-hydrogen) atoms. The number of imide groups is 1. The number of hydrogen-bond acceptors (Lipinski definition) is 5. The fraction of sp³-hybridized carbons (Fsp3) is 0.273. The Morgan fingerprint density at radius 3 is 2.38 bits per heavy atom. The van der Waals surface area contributed by atoms with Crippen molar-refractivity contribution >= 4 is 40.6 Å². The van der Waals surface area contributed by atoms with Gasteiger partial charge in [-0.15, -0.1) is 0 Å². The van der Waals surface area contributed by atoms with Crippen molar-refractivity contribution < 1.29 is 19.1 Å². The van der Waals surface area contributed by atoms with Gasteiger partial charge in [-0.1, -0.05) is 30.7 Å². The van der Waals surface area contributed by atoms with Gasteiger partial charge in [0, 0.05) is 5.02 Å². The van der Waals surface area contributed by atoms with Gasteiger partial charge in [-0.05, 0) is 73.1 Å². The largest absolute Gasteiger partial charge is 0.492 e. The molecule has 1 unspecified atom stereocenters. The summed E-state index contributed by atoms with van der Waals surface area (Å²) < 4.78 is 11.3. The number of rotatable bonds is 8. The Kier molecular flexibility index (Phi) is 7.23. The van der Waals surface area contributed by atoms with Crippen LogP contribution in [-0.2, 0) is 4.79 Å². The summed E-state index contributed by atoms with van der Waals surface area (Å²) in [5, 5.41) is 0.325. The third kappa shape index (κ3) is 5.78. The van der Waals surface area contributed by atoms with Crippen LogP contribution in [0.1, 0.15) is 25.8 Å². The van der Waals surface area contributed by atoms with E-state index < -0.39 is 0 Å². The minimum absolute atomic E-state index is 0.146. The standard InChI is InChI=1S/C22H22ClNO4S/c1-3-15(2)28-19-8-4-16(5-9-19)14-20-21(25)24(22(26)29-20)12-13-27-18-10-6-17(23)7-11-18/h4-11,14-15H,3,12-13H2,1-2H3/b20-14-. The summed E-state index contributed by atoms with van der Waals surface area (Å²) >= 11 is 6.78. The fourth-order valence-electron chi connectivity index (χ4n) is 2.59. The molecular weight excluding hydrogens is 410 g/mol. The fourth-order valence-corrected chi connectivity index (χ4v) is 3.58.